The van der Waals surface area contributed by atoms with E-state index in [1.165, 1.54) is 0 Å². The Morgan fingerprint density at radius 2 is 1.95 bits per heavy atom. The molecule has 0 unspecified atom stereocenters. The summed E-state index contributed by atoms with van der Waals surface area (Å²) in [6.07, 6.45) is 2.65. The summed E-state index contributed by atoms with van der Waals surface area (Å²) < 4.78 is 9.73. The lowest BCUT2D eigenvalue weighted by molar-refractivity contribution is -0.155. The van der Waals surface area contributed by atoms with Crippen molar-refractivity contribution in [2.75, 3.05) is 24.7 Å². The lowest BCUT2D eigenvalue weighted by atomic mass is 9.92. The van der Waals surface area contributed by atoms with Crippen molar-refractivity contribution in [1.82, 2.24) is 0 Å². The molecular formula is C12H14N2O4S. The summed E-state index contributed by atoms with van der Waals surface area (Å²) in [6.45, 7) is 6.74. The van der Waals surface area contributed by atoms with Crippen molar-refractivity contribution in [2.24, 2.45) is 5.41 Å². The lowest BCUT2D eigenvalue weighted by Crippen LogP contribution is -2.43. The Kier molecular flexibility index (Phi) is 5.54. The van der Waals surface area contributed by atoms with E-state index in [1.807, 2.05) is 0 Å². The summed E-state index contributed by atoms with van der Waals surface area (Å²) in [4.78, 5) is 25.7. The van der Waals surface area contributed by atoms with Crippen molar-refractivity contribution in [1.29, 1.82) is 0 Å². The minimum absolute atomic E-state index is 0.0549. The SMILES string of the molecule is C=CC(=[N+]=[N-])C(=O)OCCOC(=O)C1(C=C)CSC1. The number of nitrogens with zero attached hydrogens (tertiary/aromatic N) is 2. The van der Waals surface area contributed by atoms with E-state index in [2.05, 4.69) is 17.9 Å². The minimum Gasteiger partial charge on any atom is -0.461 e. The van der Waals surface area contributed by atoms with Crippen LogP contribution >= 0.6 is 11.8 Å². The highest BCUT2D eigenvalue weighted by molar-refractivity contribution is 8.00. The summed E-state index contributed by atoms with van der Waals surface area (Å²) in [5.74, 6) is 0.128. The fourth-order valence-electron chi connectivity index (χ4n) is 1.29. The van der Waals surface area contributed by atoms with Crippen LogP contribution in [0.4, 0.5) is 0 Å². The van der Waals surface area contributed by atoms with Crippen LogP contribution in [0.3, 0.4) is 0 Å². The summed E-state index contributed by atoms with van der Waals surface area (Å²) >= 11 is 1.64. The maximum absolute atomic E-state index is 11.7. The molecule has 0 saturated carbocycles. The molecular weight excluding hydrogens is 268 g/mol. The fourth-order valence-corrected chi connectivity index (χ4v) is 2.41. The van der Waals surface area contributed by atoms with E-state index in [9.17, 15) is 9.59 Å². The molecule has 19 heavy (non-hydrogen) atoms. The van der Waals surface area contributed by atoms with E-state index in [-0.39, 0.29) is 24.9 Å². The van der Waals surface area contributed by atoms with Crippen molar-refractivity contribution in [2.45, 2.75) is 0 Å². The number of hydrogen-bond donors (Lipinski definition) is 0. The first kappa shape index (κ1) is 15.2. The molecule has 1 aliphatic heterocycles. The van der Waals surface area contributed by atoms with Gasteiger partial charge >= 0.3 is 17.7 Å². The Morgan fingerprint density at radius 3 is 2.37 bits per heavy atom. The van der Waals surface area contributed by atoms with Gasteiger partial charge < -0.3 is 15.0 Å². The van der Waals surface area contributed by atoms with Crippen LogP contribution in [0.5, 0.6) is 0 Å². The summed E-state index contributed by atoms with van der Waals surface area (Å²) in [5, 5.41) is 0. The zero-order valence-corrected chi connectivity index (χ0v) is 11.1. The predicted octanol–water partition coefficient (Wildman–Crippen LogP) is 0.849. The Bertz CT molecular complexity index is 451. The minimum atomic E-state index is -0.828. The molecule has 0 N–H and O–H groups in total. The molecule has 0 spiro atoms. The lowest BCUT2D eigenvalue weighted by Gasteiger charge is -2.35. The molecule has 6 nitrogen and oxygen atoms in total. The van der Waals surface area contributed by atoms with Crippen LogP contribution in [0.1, 0.15) is 0 Å². The van der Waals surface area contributed by atoms with Gasteiger partial charge in [-0.2, -0.15) is 16.6 Å². The quantitative estimate of drug-likeness (QED) is 0.172. The van der Waals surface area contributed by atoms with Gasteiger partial charge in [0, 0.05) is 17.6 Å². The van der Waals surface area contributed by atoms with Crippen molar-refractivity contribution in [3.05, 3.63) is 30.8 Å². The van der Waals surface area contributed by atoms with Gasteiger partial charge in [0.1, 0.15) is 18.6 Å². The molecule has 7 heteroatoms. The average molecular weight is 282 g/mol. The van der Waals surface area contributed by atoms with Crippen molar-refractivity contribution < 1.29 is 23.9 Å². The summed E-state index contributed by atoms with van der Waals surface area (Å²) in [5.41, 5.74) is 7.53. The van der Waals surface area contributed by atoms with Gasteiger partial charge in [0.2, 0.25) is 0 Å². The molecule has 0 aliphatic carbocycles. The smallest absolute Gasteiger partial charge is 0.421 e. The normalized spacial score (nSPS) is 15.4. The van der Waals surface area contributed by atoms with Crippen molar-refractivity contribution in [3.63, 3.8) is 0 Å². The molecule has 102 valence electrons. The second-order valence-electron chi connectivity index (χ2n) is 3.81. The Hall–Kier alpha value is -1.85. The van der Waals surface area contributed by atoms with Gasteiger partial charge in [-0.1, -0.05) is 12.7 Å². The van der Waals surface area contributed by atoms with E-state index in [0.29, 0.717) is 11.5 Å². The van der Waals surface area contributed by atoms with Gasteiger partial charge in [-0.3, -0.25) is 4.79 Å². The topological polar surface area (TPSA) is 89.0 Å². The van der Waals surface area contributed by atoms with Gasteiger partial charge in [0.25, 0.3) is 0 Å². The molecule has 1 heterocycles. The number of thioether (sulfide) groups is 1. The Morgan fingerprint density at radius 1 is 1.32 bits per heavy atom. The highest BCUT2D eigenvalue weighted by Crippen LogP contribution is 2.39. The molecule has 0 aromatic heterocycles. The maximum Gasteiger partial charge on any atom is 0.421 e. The molecule has 0 amide bonds. The molecule has 1 saturated heterocycles. The first-order valence-corrected chi connectivity index (χ1v) is 6.65. The Balaban J connectivity index is 2.30. The summed E-state index contributed by atoms with van der Waals surface area (Å²) in [6, 6.07) is 0. The van der Waals surface area contributed by atoms with Crippen LogP contribution in [-0.4, -0.2) is 47.2 Å². The van der Waals surface area contributed by atoms with E-state index in [0.717, 1.165) is 6.08 Å². The van der Waals surface area contributed by atoms with E-state index < -0.39 is 11.4 Å². The number of carbonyl (C=O) groups excluding carboxylic acids is 2. The van der Waals surface area contributed by atoms with Crippen LogP contribution in [0.25, 0.3) is 5.53 Å². The summed E-state index contributed by atoms with van der Waals surface area (Å²) in [7, 11) is 0. The first-order chi connectivity index (χ1) is 9.09. The van der Waals surface area contributed by atoms with Gasteiger partial charge in [-0.05, 0) is 0 Å². The van der Waals surface area contributed by atoms with Crippen molar-refractivity contribution in [3.8, 4) is 0 Å². The molecule has 0 radical (unpaired) electrons. The molecule has 0 aromatic rings. The maximum atomic E-state index is 11.7. The van der Waals surface area contributed by atoms with Crippen LogP contribution in [0, 0.1) is 5.41 Å². The van der Waals surface area contributed by atoms with E-state index in [4.69, 9.17) is 15.0 Å². The molecule has 1 fully saturated rings. The highest BCUT2D eigenvalue weighted by atomic mass is 32.2. The average Bonchev–Trinajstić information content (AvgIpc) is 2.35. The van der Waals surface area contributed by atoms with Gasteiger partial charge in [-0.15, -0.1) is 6.58 Å². The zero-order chi connectivity index (χ0) is 14.3. The third-order valence-electron chi connectivity index (χ3n) is 2.58. The second kappa shape index (κ2) is 6.92. The van der Waals surface area contributed by atoms with Crippen molar-refractivity contribution >= 4 is 29.4 Å². The van der Waals surface area contributed by atoms with Crippen LogP contribution < -0.4 is 0 Å². The van der Waals surface area contributed by atoms with Crippen LogP contribution in [-0.2, 0) is 19.1 Å². The molecule has 0 aromatic carbocycles. The van der Waals surface area contributed by atoms with Gasteiger partial charge in [0.15, 0.2) is 0 Å². The number of hydrogen-bond acceptors (Lipinski definition) is 5. The number of ether oxygens (including phenoxy) is 2. The standard InChI is InChI=1S/C12H14N2O4S/c1-3-9(14-13)10(15)17-5-6-18-11(16)12(4-2)7-19-8-12/h3-4H,1-2,5-8H2. The van der Waals surface area contributed by atoms with Gasteiger partial charge in [-0.25, -0.2) is 4.79 Å². The third kappa shape index (κ3) is 3.56. The molecule has 1 rings (SSSR count). The first-order valence-electron chi connectivity index (χ1n) is 5.50. The van der Waals surface area contributed by atoms with Crippen LogP contribution in [0.15, 0.2) is 25.3 Å². The largest absolute Gasteiger partial charge is 0.461 e. The van der Waals surface area contributed by atoms with E-state index >= 15 is 0 Å². The number of esters is 2. The second-order valence-corrected chi connectivity index (χ2v) is 4.80. The fraction of sp³-hybridized carbons (Fsp3) is 0.417. The zero-order valence-electron chi connectivity index (χ0n) is 10.3. The third-order valence-corrected chi connectivity index (χ3v) is 4.01. The molecule has 1 aliphatic rings. The molecule has 0 atom stereocenters. The Labute approximate surface area is 115 Å². The monoisotopic (exact) mass is 282 g/mol. The number of carbonyl (C=O) groups is 2. The molecule has 0 bridgehead atoms. The number of rotatable bonds is 7. The predicted molar refractivity (Wildman–Crippen MR) is 70.7 cm³/mol. The van der Waals surface area contributed by atoms with E-state index in [1.54, 1.807) is 17.8 Å². The van der Waals surface area contributed by atoms with Gasteiger partial charge in [0.05, 0.1) is 0 Å². The van der Waals surface area contributed by atoms with Crippen LogP contribution in [0.2, 0.25) is 0 Å². The highest BCUT2D eigenvalue weighted by Gasteiger charge is 2.43.